The molecule has 0 spiro atoms. The molecule has 0 saturated heterocycles. The molecule has 0 aliphatic rings. The first kappa shape index (κ1) is 47.5. The highest BCUT2D eigenvalue weighted by Gasteiger charge is 2.14. The summed E-state index contributed by atoms with van der Waals surface area (Å²) in [7, 11) is 0. The van der Waals surface area contributed by atoms with Crippen LogP contribution in [0.15, 0.2) is 0 Å². The molecule has 0 bridgehead atoms. The number of rotatable bonds is 38. The first-order valence-electron chi connectivity index (χ1n) is 20.4. The second-order valence-corrected chi connectivity index (χ2v) is 14.8. The van der Waals surface area contributed by atoms with E-state index in [1.54, 1.807) is 0 Å². The van der Waals surface area contributed by atoms with Crippen LogP contribution in [0, 0.1) is 0 Å². The number of Topliss-reactive ketones (excluding diaryl/α,β-unsaturated/α-hetero) is 4. The number of ketones is 4. The molecule has 0 aliphatic heterocycles. The van der Waals surface area contributed by atoms with Crippen LogP contribution in [0.1, 0.15) is 213 Å². The standard InChI is InChI=1S/C41H76O8/c1-3-5-14-22-34(42)30-38(46)26-18-12-20-28-40(48)32-36(44)24-16-10-8-7-9-11-17-25-37(45)33-41(49)29-21-13-19-27-39(47)31-35(43)23-15-6-4-2/h34-35,40-43,48-49H,3-33H2,1-2H3. The van der Waals surface area contributed by atoms with Crippen LogP contribution in [-0.4, -0.2) is 68.0 Å². The molecule has 0 aliphatic carbocycles. The highest BCUT2D eigenvalue weighted by atomic mass is 16.3. The zero-order valence-corrected chi connectivity index (χ0v) is 31.7. The maximum Gasteiger partial charge on any atom is 0.135 e. The highest BCUT2D eigenvalue weighted by molar-refractivity contribution is 5.79. The van der Waals surface area contributed by atoms with E-state index in [9.17, 15) is 39.6 Å². The van der Waals surface area contributed by atoms with Crippen LogP contribution in [0.3, 0.4) is 0 Å². The van der Waals surface area contributed by atoms with Crippen LogP contribution in [0.4, 0.5) is 0 Å². The van der Waals surface area contributed by atoms with Gasteiger partial charge in [0.1, 0.15) is 23.1 Å². The fourth-order valence-electron chi connectivity index (χ4n) is 6.41. The van der Waals surface area contributed by atoms with Gasteiger partial charge in [-0.15, -0.1) is 0 Å². The van der Waals surface area contributed by atoms with Gasteiger partial charge in [-0.3, -0.25) is 19.2 Å². The molecule has 0 aromatic heterocycles. The summed E-state index contributed by atoms with van der Waals surface area (Å²) in [5.41, 5.74) is 0. The Morgan fingerprint density at radius 3 is 0.776 bits per heavy atom. The Bertz CT molecular complexity index is 762. The lowest BCUT2D eigenvalue weighted by Gasteiger charge is -2.11. The summed E-state index contributed by atoms with van der Waals surface area (Å²) < 4.78 is 0. The van der Waals surface area contributed by atoms with Crippen LogP contribution in [0.25, 0.3) is 0 Å². The van der Waals surface area contributed by atoms with Gasteiger partial charge in [0.05, 0.1) is 24.4 Å². The quantitative estimate of drug-likeness (QED) is 0.0468. The second kappa shape index (κ2) is 33.7. The van der Waals surface area contributed by atoms with E-state index < -0.39 is 24.4 Å². The summed E-state index contributed by atoms with van der Waals surface area (Å²) in [5.74, 6) is 0.441. The lowest BCUT2D eigenvalue weighted by molar-refractivity contribution is -0.122. The smallest absolute Gasteiger partial charge is 0.135 e. The third-order valence-corrected chi connectivity index (χ3v) is 9.53. The van der Waals surface area contributed by atoms with Crippen LogP contribution in [-0.2, 0) is 19.2 Å². The van der Waals surface area contributed by atoms with E-state index in [0.29, 0.717) is 51.4 Å². The molecule has 49 heavy (non-hydrogen) atoms. The number of hydrogen-bond acceptors (Lipinski definition) is 8. The molecule has 288 valence electrons. The Morgan fingerprint density at radius 2 is 0.531 bits per heavy atom. The molecule has 0 amide bonds. The van der Waals surface area contributed by atoms with Gasteiger partial charge in [0.2, 0.25) is 0 Å². The van der Waals surface area contributed by atoms with Crippen LogP contribution in [0.5, 0.6) is 0 Å². The van der Waals surface area contributed by atoms with E-state index >= 15 is 0 Å². The Balaban J connectivity index is 3.62. The normalized spacial score (nSPS) is 14.0. The van der Waals surface area contributed by atoms with E-state index in [0.717, 1.165) is 122 Å². The first-order valence-corrected chi connectivity index (χ1v) is 20.4. The number of aliphatic hydroxyl groups is 4. The van der Waals surface area contributed by atoms with Gasteiger partial charge in [0.15, 0.2) is 0 Å². The molecule has 4 N–H and O–H groups in total. The minimum atomic E-state index is -0.611. The summed E-state index contributed by atoms with van der Waals surface area (Å²) in [6.45, 7) is 4.23. The predicted molar refractivity (Wildman–Crippen MR) is 199 cm³/mol. The Kier molecular flexibility index (Phi) is 32.6. The predicted octanol–water partition coefficient (Wildman–Crippen LogP) is 8.84. The third kappa shape index (κ3) is 33.4. The molecule has 0 rings (SSSR count). The van der Waals surface area contributed by atoms with E-state index in [1.807, 2.05) is 0 Å². The molecule has 0 saturated carbocycles. The zero-order valence-electron chi connectivity index (χ0n) is 31.7. The number of unbranched alkanes of at least 4 members (excludes halogenated alkanes) is 14. The van der Waals surface area contributed by atoms with E-state index in [1.165, 1.54) is 0 Å². The van der Waals surface area contributed by atoms with Gasteiger partial charge < -0.3 is 20.4 Å². The molecule has 0 fully saturated rings. The summed E-state index contributed by atoms with van der Waals surface area (Å²) in [4.78, 5) is 48.5. The molecular formula is C41H76O8. The minimum absolute atomic E-state index is 0.110. The monoisotopic (exact) mass is 697 g/mol. The summed E-state index contributed by atoms with van der Waals surface area (Å²) in [6, 6.07) is 0. The van der Waals surface area contributed by atoms with Crippen molar-refractivity contribution < 1.29 is 39.6 Å². The fourth-order valence-corrected chi connectivity index (χ4v) is 6.41. The topological polar surface area (TPSA) is 149 Å². The average molecular weight is 697 g/mol. The van der Waals surface area contributed by atoms with Gasteiger partial charge in [-0.2, -0.15) is 0 Å². The Morgan fingerprint density at radius 1 is 0.327 bits per heavy atom. The molecule has 8 nitrogen and oxygen atoms in total. The Labute approximate surface area is 299 Å². The second-order valence-electron chi connectivity index (χ2n) is 14.8. The van der Waals surface area contributed by atoms with Gasteiger partial charge in [-0.05, 0) is 51.4 Å². The minimum Gasteiger partial charge on any atom is -0.393 e. The van der Waals surface area contributed by atoms with E-state index in [-0.39, 0.29) is 48.8 Å². The van der Waals surface area contributed by atoms with Crippen LogP contribution in [0.2, 0.25) is 0 Å². The summed E-state index contributed by atoms with van der Waals surface area (Å²) >= 11 is 0. The number of hydrogen-bond donors (Lipinski definition) is 4. The SMILES string of the molecule is CCCCCC(O)CC(=O)CCCCCC(O)CC(=O)CCCCCCCCCC(=O)CC(O)CCCCCC(=O)CC(O)CCCCC. The first-order chi connectivity index (χ1) is 23.6. The van der Waals surface area contributed by atoms with Crippen molar-refractivity contribution in [2.45, 2.75) is 237 Å². The molecule has 0 aromatic carbocycles. The van der Waals surface area contributed by atoms with Crippen molar-refractivity contribution >= 4 is 23.1 Å². The molecule has 4 unspecified atom stereocenters. The number of carbonyl (C=O) groups is 4. The van der Waals surface area contributed by atoms with Crippen molar-refractivity contribution in [1.29, 1.82) is 0 Å². The lowest BCUT2D eigenvalue weighted by Crippen LogP contribution is -2.14. The average Bonchev–Trinajstić information content (AvgIpc) is 3.03. The maximum atomic E-state index is 12.2. The third-order valence-electron chi connectivity index (χ3n) is 9.53. The number of carbonyl (C=O) groups excluding carboxylic acids is 4. The van der Waals surface area contributed by atoms with Gasteiger partial charge in [0, 0.05) is 51.4 Å². The van der Waals surface area contributed by atoms with E-state index in [2.05, 4.69) is 13.8 Å². The maximum absolute atomic E-state index is 12.2. The van der Waals surface area contributed by atoms with Crippen molar-refractivity contribution in [3.05, 3.63) is 0 Å². The van der Waals surface area contributed by atoms with Crippen molar-refractivity contribution in [2.24, 2.45) is 0 Å². The largest absolute Gasteiger partial charge is 0.393 e. The summed E-state index contributed by atoms with van der Waals surface area (Å²) in [5, 5.41) is 40.3. The van der Waals surface area contributed by atoms with Gasteiger partial charge in [-0.25, -0.2) is 0 Å². The lowest BCUT2D eigenvalue weighted by atomic mass is 9.99. The van der Waals surface area contributed by atoms with Gasteiger partial charge in [0.25, 0.3) is 0 Å². The molecular weight excluding hydrogens is 620 g/mol. The van der Waals surface area contributed by atoms with Crippen molar-refractivity contribution in [2.75, 3.05) is 0 Å². The van der Waals surface area contributed by atoms with Gasteiger partial charge >= 0.3 is 0 Å². The van der Waals surface area contributed by atoms with Crippen LogP contribution >= 0.6 is 0 Å². The van der Waals surface area contributed by atoms with E-state index in [4.69, 9.17) is 0 Å². The molecule has 8 heteroatoms. The molecule has 0 radical (unpaired) electrons. The zero-order chi connectivity index (χ0) is 36.5. The van der Waals surface area contributed by atoms with Crippen molar-refractivity contribution in [1.82, 2.24) is 0 Å². The van der Waals surface area contributed by atoms with Crippen LogP contribution < -0.4 is 0 Å². The molecule has 0 heterocycles. The molecule has 4 atom stereocenters. The Hall–Kier alpha value is -1.48. The number of aliphatic hydroxyl groups excluding tert-OH is 4. The van der Waals surface area contributed by atoms with Crippen molar-refractivity contribution in [3.63, 3.8) is 0 Å². The molecule has 0 aromatic rings. The van der Waals surface area contributed by atoms with Gasteiger partial charge in [-0.1, -0.05) is 110 Å². The fraction of sp³-hybridized carbons (Fsp3) is 0.902. The summed E-state index contributed by atoms with van der Waals surface area (Å²) in [6.07, 6.45) is 21.1. The van der Waals surface area contributed by atoms with Crippen molar-refractivity contribution in [3.8, 4) is 0 Å². The highest BCUT2D eigenvalue weighted by Crippen LogP contribution is 2.16.